The van der Waals surface area contributed by atoms with E-state index in [1.807, 2.05) is 0 Å². The van der Waals surface area contributed by atoms with Crippen LogP contribution in [0.1, 0.15) is 30.0 Å². The van der Waals surface area contributed by atoms with Crippen molar-refractivity contribution in [2.45, 2.75) is 25.7 Å². The van der Waals surface area contributed by atoms with E-state index in [0.717, 1.165) is 18.8 Å². The predicted octanol–water partition coefficient (Wildman–Crippen LogP) is 2.95. The fourth-order valence-corrected chi connectivity index (χ4v) is 2.95. The summed E-state index contributed by atoms with van der Waals surface area (Å²) in [6, 6.07) is 6.61. The molecular weight excluding hydrogens is 224 g/mol. The van der Waals surface area contributed by atoms with E-state index in [9.17, 15) is 0 Å². The van der Waals surface area contributed by atoms with E-state index in [-0.39, 0.29) is 0 Å². The molecular formula is C15H20N2O. The van der Waals surface area contributed by atoms with Crippen molar-refractivity contribution in [2.24, 2.45) is 0 Å². The van der Waals surface area contributed by atoms with Crippen LogP contribution in [0.15, 0.2) is 18.2 Å². The van der Waals surface area contributed by atoms with Crippen molar-refractivity contribution >= 4 is 10.9 Å². The van der Waals surface area contributed by atoms with Crippen molar-refractivity contribution in [2.75, 3.05) is 20.2 Å². The molecule has 1 aliphatic heterocycles. The van der Waals surface area contributed by atoms with Gasteiger partial charge in [0.05, 0.1) is 7.11 Å². The maximum Gasteiger partial charge on any atom is 0.123 e. The Bertz CT molecular complexity index is 553. The summed E-state index contributed by atoms with van der Waals surface area (Å²) in [6.45, 7) is 4.31. The number of hydrogen-bond donors (Lipinski definition) is 2. The Morgan fingerprint density at radius 3 is 2.67 bits per heavy atom. The van der Waals surface area contributed by atoms with E-state index < -0.39 is 0 Å². The van der Waals surface area contributed by atoms with Crippen LogP contribution >= 0.6 is 0 Å². The third-order valence-corrected chi connectivity index (χ3v) is 3.88. The predicted molar refractivity (Wildman–Crippen MR) is 74.4 cm³/mol. The molecule has 0 unspecified atom stereocenters. The Morgan fingerprint density at radius 1 is 1.17 bits per heavy atom. The fourth-order valence-electron chi connectivity index (χ4n) is 2.95. The number of ether oxygens (including phenoxy) is 1. The molecule has 96 valence electrons. The molecule has 2 N–H and O–H groups in total. The van der Waals surface area contributed by atoms with Crippen LogP contribution in [0.3, 0.4) is 0 Å². The topological polar surface area (TPSA) is 37.0 Å². The lowest BCUT2D eigenvalue weighted by Crippen LogP contribution is -2.26. The van der Waals surface area contributed by atoms with Gasteiger partial charge >= 0.3 is 0 Å². The van der Waals surface area contributed by atoms with Crippen LogP contribution in [0.2, 0.25) is 0 Å². The van der Waals surface area contributed by atoms with Crippen LogP contribution in [0.25, 0.3) is 10.9 Å². The molecule has 3 nitrogen and oxygen atoms in total. The number of H-pyrrole nitrogens is 1. The first kappa shape index (κ1) is 11.6. The Morgan fingerprint density at radius 2 is 1.94 bits per heavy atom. The van der Waals surface area contributed by atoms with Gasteiger partial charge in [0, 0.05) is 16.6 Å². The molecule has 0 saturated carbocycles. The van der Waals surface area contributed by atoms with Crippen LogP contribution in [-0.4, -0.2) is 25.2 Å². The number of methoxy groups -OCH3 is 1. The molecule has 1 saturated heterocycles. The highest BCUT2D eigenvalue weighted by Crippen LogP contribution is 2.35. The van der Waals surface area contributed by atoms with Gasteiger partial charge in [0.15, 0.2) is 0 Å². The van der Waals surface area contributed by atoms with E-state index in [2.05, 4.69) is 35.4 Å². The van der Waals surface area contributed by atoms with Crippen molar-refractivity contribution in [3.05, 3.63) is 29.5 Å². The largest absolute Gasteiger partial charge is 0.496 e. The highest BCUT2D eigenvalue weighted by molar-refractivity contribution is 5.83. The summed E-state index contributed by atoms with van der Waals surface area (Å²) in [4.78, 5) is 3.42. The molecule has 3 rings (SSSR count). The van der Waals surface area contributed by atoms with Crippen LogP contribution in [-0.2, 0) is 0 Å². The van der Waals surface area contributed by atoms with Crippen molar-refractivity contribution in [3.63, 3.8) is 0 Å². The number of piperidine rings is 1. The zero-order chi connectivity index (χ0) is 12.5. The Kier molecular flexibility index (Phi) is 3.00. The number of fused-ring (bicyclic) bond motifs is 1. The van der Waals surface area contributed by atoms with Gasteiger partial charge < -0.3 is 15.0 Å². The molecule has 2 aromatic rings. The molecule has 0 aliphatic carbocycles. The lowest BCUT2D eigenvalue weighted by molar-refractivity contribution is 0.392. The van der Waals surface area contributed by atoms with E-state index >= 15 is 0 Å². The number of nitrogens with one attached hydrogen (secondary N) is 2. The quantitative estimate of drug-likeness (QED) is 0.852. The third-order valence-electron chi connectivity index (χ3n) is 3.88. The van der Waals surface area contributed by atoms with E-state index in [0.29, 0.717) is 5.92 Å². The van der Waals surface area contributed by atoms with Crippen LogP contribution in [0.5, 0.6) is 5.75 Å². The van der Waals surface area contributed by atoms with Gasteiger partial charge in [0.25, 0.3) is 0 Å². The number of rotatable bonds is 2. The number of benzene rings is 1. The standard InChI is InChI=1S/C15H20N2O/c1-10-7-12-8-15(18-2)13(9-14(12)17-10)11-3-5-16-6-4-11/h7-9,11,16-17H,3-6H2,1-2H3. The molecule has 1 aromatic carbocycles. The number of aryl methyl sites for hydroxylation is 1. The molecule has 0 atom stereocenters. The van der Waals surface area contributed by atoms with Crippen LogP contribution in [0, 0.1) is 6.92 Å². The molecule has 1 aromatic heterocycles. The minimum atomic E-state index is 0.620. The van der Waals surface area contributed by atoms with E-state index in [4.69, 9.17) is 4.74 Å². The summed E-state index contributed by atoms with van der Waals surface area (Å²) in [6.07, 6.45) is 2.39. The minimum absolute atomic E-state index is 0.620. The molecule has 18 heavy (non-hydrogen) atoms. The minimum Gasteiger partial charge on any atom is -0.496 e. The van der Waals surface area contributed by atoms with Crippen LogP contribution < -0.4 is 10.1 Å². The van der Waals surface area contributed by atoms with E-state index in [1.165, 1.54) is 35.0 Å². The summed E-state index contributed by atoms with van der Waals surface area (Å²) >= 11 is 0. The van der Waals surface area contributed by atoms with Crippen molar-refractivity contribution in [1.29, 1.82) is 0 Å². The van der Waals surface area contributed by atoms with Gasteiger partial charge in [-0.1, -0.05) is 0 Å². The number of aromatic nitrogens is 1. The molecule has 3 heteroatoms. The summed E-state index contributed by atoms with van der Waals surface area (Å²) in [5.74, 6) is 1.66. The zero-order valence-electron chi connectivity index (χ0n) is 11.0. The molecule has 0 radical (unpaired) electrons. The Balaban J connectivity index is 2.07. The molecule has 2 heterocycles. The molecule has 0 amide bonds. The third kappa shape index (κ3) is 1.99. The summed E-state index contributed by atoms with van der Waals surface area (Å²) in [7, 11) is 1.77. The highest BCUT2D eigenvalue weighted by Gasteiger charge is 2.19. The van der Waals surface area contributed by atoms with Gasteiger partial charge in [-0.2, -0.15) is 0 Å². The first-order chi connectivity index (χ1) is 8.78. The summed E-state index contributed by atoms with van der Waals surface area (Å²) in [5.41, 5.74) is 3.78. The van der Waals surface area contributed by atoms with Gasteiger partial charge in [-0.3, -0.25) is 0 Å². The van der Waals surface area contributed by atoms with Crippen molar-refractivity contribution in [3.8, 4) is 5.75 Å². The Hall–Kier alpha value is -1.48. The van der Waals surface area contributed by atoms with Crippen molar-refractivity contribution < 1.29 is 4.74 Å². The lowest BCUT2D eigenvalue weighted by Gasteiger charge is -2.24. The van der Waals surface area contributed by atoms with Gasteiger partial charge in [-0.05, 0) is 62.5 Å². The summed E-state index contributed by atoms with van der Waals surface area (Å²) in [5, 5.41) is 4.65. The van der Waals surface area contributed by atoms with Crippen molar-refractivity contribution in [1.82, 2.24) is 10.3 Å². The normalized spacial score (nSPS) is 17.2. The van der Waals surface area contributed by atoms with Gasteiger partial charge in [-0.25, -0.2) is 0 Å². The van der Waals surface area contributed by atoms with Gasteiger partial charge in [-0.15, -0.1) is 0 Å². The van der Waals surface area contributed by atoms with E-state index in [1.54, 1.807) is 7.11 Å². The number of aromatic amines is 1. The average molecular weight is 244 g/mol. The molecule has 0 spiro atoms. The monoisotopic (exact) mass is 244 g/mol. The lowest BCUT2D eigenvalue weighted by atomic mass is 9.89. The second-order valence-electron chi connectivity index (χ2n) is 5.16. The number of hydrogen-bond acceptors (Lipinski definition) is 2. The molecule has 1 aliphatic rings. The molecule has 1 fully saturated rings. The zero-order valence-corrected chi connectivity index (χ0v) is 11.0. The summed E-state index contributed by atoms with van der Waals surface area (Å²) < 4.78 is 5.58. The second-order valence-corrected chi connectivity index (χ2v) is 5.16. The van der Waals surface area contributed by atoms with Gasteiger partial charge in [0.2, 0.25) is 0 Å². The average Bonchev–Trinajstić information content (AvgIpc) is 2.77. The van der Waals surface area contributed by atoms with Crippen LogP contribution in [0.4, 0.5) is 0 Å². The van der Waals surface area contributed by atoms with Gasteiger partial charge in [0.1, 0.15) is 5.75 Å². The molecule has 0 bridgehead atoms. The first-order valence-electron chi connectivity index (χ1n) is 6.66. The first-order valence-corrected chi connectivity index (χ1v) is 6.66. The maximum absolute atomic E-state index is 5.58. The Labute approximate surface area is 108 Å². The smallest absolute Gasteiger partial charge is 0.123 e. The maximum atomic E-state index is 5.58. The SMILES string of the molecule is COc1cc2cc(C)[nH]c2cc1C1CCNCC1. The highest BCUT2D eigenvalue weighted by atomic mass is 16.5. The second kappa shape index (κ2) is 4.65. The fraction of sp³-hybridized carbons (Fsp3) is 0.467.